The molecule has 4 heteroatoms. The molecule has 1 unspecified atom stereocenters. The summed E-state index contributed by atoms with van der Waals surface area (Å²) >= 11 is 3.63. The SMILES string of the molecule is Cc1ccccc1C(CN)Cc1c(Br)c(C)nn1C. The molecule has 0 fully saturated rings. The van der Waals surface area contributed by atoms with Crippen molar-refractivity contribution in [1.29, 1.82) is 0 Å². The number of nitrogens with two attached hydrogens (primary N) is 1. The summed E-state index contributed by atoms with van der Waals surface area (Å²) in [5.74, 6) is 0.326. The molecule has 0 aliphatic rings. The number of benzene rings is 1. The van der Waals surface area contributed by atoms with Gasteiger partial charge in [-0.15, -0.1) is 0 Å². The minimum Gasteiger partial charge on any atom is -0.330 e. The van der Waals surface area contributed by atoms with Crippen LogP contribution in [0.4, 0.5) is 0 Å². The number of halogens is 1. The molecule has 0 saturated carbocycles. The second-order valence-electron chi connectivity index (χ2n) is 4.96. The minimum absolute atomic E-state index is 0.326. The fraction of sp³-hybridized carbons (Fsp3) is 0.400. The Morgan fingerprint density at radius 1 is 1.32 bits per heavy atom. The van der Waals surface area contributed by atoms with E-state index in [1.807, 2.05) is 18.7 Å². The van der Waals surface area contributed by atoms with Crippen molar-refractivity contribution in [2.24, 2.45) is 12.8 Å². The maximum Gasteiger partial charge on any atom is 0.0738 e. The monoisotopic (exact) mass is 321 g/mol. The molecule has 0 amide bonds. The van der Waals surface area contributed by atoms with Crippen LogP contribution in [0.25, 0.3) is 0 Å². The zero-order valence-corrected chi connectivity index (χ0v) is 13.2. The lowest BCUT2D eigenvalue weighted by Gasteiger charge is -2.18. The van der Waals surface area contributed by atoms with E-state index in [9.17, 15) is 0 Å². The maximum absolute atomic E-state index is 5.98. The summed E-state index contributed by atoms with van der Waals surface area (Å²) in [4.78, 5) is 0. The van der Waals surface area contributed by atoms with Gasteiger partial charge in [-0.2, -0.15) is 5.10 Å². The number of nitrogens with zero attached hydrogens (tertiary/aromatic N) is 2. The van der Waals surface area contributed by atoms with Crippen LogP contribution in [0.1, 0.15) is 28.4 Å². The predicted octanol–water partition coefficient (Wildman–Crippen LogP) is 3.08. The van der Waals surface area contributed by atoms with Crippen molar-refractivity contribution in [3.63, 3.8) is 0 Å². The van der Waals surface area contributed by atoms with Crippen LogP contribution in [0.15, 0.2) is 28.7 Å². The fourth-order valence-corrected chi connectivity index (χ4v) is 3.00. The smallest absolute Gasteiger partial charge is 0.0738 e. The Bertz CT molecular complexity index is 575. The summed E-state index contributed by atoms with van der Waals surface area (Å²) in [6.45, 7) is 4.79. The third-order valence-electron chi connectivity index (χ3n) is 3.61. The Morgan fingerprint density at radius 2 is 2.00 bits per heavy atom. The van der Waals surface area contributed by atoms with Crippen LogP contribution in [-0.2, 0) is 13.5 Å². The maximum atomic E-state index is 5.98. The first kappa shape index (κ1) is 14.3. The molecule has 0 bridgehead atoms. The van der Waals surface area contributed by atoms with Gasteiger partial charge in [0, 0.05) is 13.0 Å². The van der Waals surface area contributed by atoms with Gasteiger partial charge >= 0.3 is 0 Å². The van der Waals surface area contributed by atoms with Crippen LogP contribution < -0.4 is 5.73 Å². The first-order chi connectivity index (χ1) is 9.04. The molecule has 3 nitrogen and oxygen atoms in total. The molecule has 0 aliphatic carbocycles. The molecule has 0 radical (unpaired) electrons. The second-order valence-corrected chi connectivity index (χ2v) is 5.76. The largest absolute Gasteiger partial charge is 0.330 e. The van der Waals surface area contributed by atoms with Crippen molar-refractivity contribution in [2.45, 2.75) is 26.2 Å². The molecule has 2 N–H and O–H groups in total. The van der Waals surface area contributed by atoms with E-state index in [-0.39, 0.29) is 0 Å². The van der Waals surface area contributed by atoms with Gasteiger partial charge in [-0.25, -0.2) is 0 Å². The van der Waals surface area contributed by atoms with Gasteiger partial charge in [0.1, 0.15) is 0 Å². The van der Waals surface area contributed by atoms with E-state index < -0.39 is 0 Å². The fourth-order valence-electron chi connectivity index (χ4n) is 2.50. The molecule has 1 atom stereocenters. The molecule has 0 aliphatic heterocycles. The van der Waals surface area contributed by atoms with Gasteiger partial charge in [0.2, 0.25) is 0 Å². The van der Waals surface area contributed by atoms with Gasteiger partial charge in [-0.3, -0.25) is 4.68 Å². The number of aryl methyl sites for hydroxylation is 3. The highest BCUT2D eigenvalue weighted by Gasteiger charge is 2.18. The average Bonchev–Trinajstić information content (AvgIpc) is 2.63. The standard InChI is InChI=1S/C15H20BrN3/c1-10-6-4-5-7-13(10)12(9-17)8-14-15(16)11(2)18-19(14)3/h4-7,12H,8-9,17H2,1-3H3. The molecule has 2 rings (SSSR count). The Kier molecular flexibility index (Phi) is 4.42. The van der Waals surface area contributed by atoms with Crippen molar-refractivity contribution in [2.75, 3.05) is 6.54 Å². The van der Waals surface area contributed by atoms with Crippen LogP contribution in [0, 0.1) is 13.8 Å². The third-order valence-corrected chi connectivity index (χ3v) is 4.65. The number of hydrogen-bond acceptors (Lipinski definition) is 2. The van der Waals surface area contributed by atoms with E-state index in [1.165, 1.54) is 16.8 Å². The molecule has 2 aromatic rings. The number of aromatic nitrogens is 2. The van der Waals surface area contributed by atoms with Gasteiger partial charge in [-0.1, -0.05) is 24.3 Å². The summed E-state index contributed by atoms with van der Waals surface area (Å²) in [7, 11) is 1.98. The molecule has 1 heterocycles. The molecule has 1 aromatic heterocycles. The summed E-state index contributed by atoms with van der Waals surface area (Å²) in [5.41, 5.74) is 10.8. The third kappa shape index (κ3) is 2.90. The van der Waals surface area contributed by atoms with Gasteiger partial charge in [0.15, 0.2) is 0 Å². The van der Waals surface area contributed by atoms with Crippen LogP contribution in [0.3, 0.4) is 0 Å². The Morgan fingerprint density at radius 3 is 2.53 bits per heavy atom. The first-order valence-corrected chi connectivity index (χ1v) is 7.27. The highest BCUT2D eigenvalue weighted by molar-refractivity contribution is 9.10. The number of hydrogen-bond donors (Lipinski definition) is 1. The number of rotatable bonds is 4. The van der Waals surface area contributed by atoms with Crippen molar-refractivity contribution >= 4 is 15.9 Å². The highest BCUT2D eigenvalue weighted by Crippen LogP contribution is 2.28. The van der Waals surface area contributed by atoms with Crippen LogP contribution >= 0.6 is 15.9 Å². The van der Waals surface area contributed by atoms with Crippen LogP contribution in [0.2, 0.25) is 0 Å². The lowest BCUT2D eigenvalue weighted by Crippen LogP contribution is -2.17. The topological polar surface area (TPSA) is 43.8 Å². The Balaban J connectivity index is 2.32. The predicted molar refractivity (Wildman–Crippen MR) is 82.3 cm³/mol. The minimum atomic E-state index is 0.326. The molecule has 0 saturated heterocycles. The average molecular weight is 322 g/mol. The van der Waals surface area contributed by atoms with Crippen molar-refractivity contribution in [3.8, 4) is 0 Å². The summed E-state index contributed by atoms with van der Waals surface area (Å²) in [6.07, 6.45) is 0.902. The normalized spacial score (nSPS) is 12.7. The molecule has 1 aromatic carbocycles. The summed E-state index contributed by atoms with van der Waals surface area (Å²) in [5, 5.41) is 4.44. The highest BCUT2D eigenvalue weighted by atomic mass is 79.9. The zero-order valence-electron chi connectivity index (χ0n) is 11.7. The van der Waals surface area contributed by atoms with Gasteiger partial charge < -0.3 is 5.73 Å². The zero-order chi connectivity index (χ0) is 14.0. The summed E-state index contributed by atoms with van der Waals surface area (Å²) < 4.78 is 3.04. The van der Waals surface area contributed by atoms with Gasteiger partial charge in [0.05, 0.1) is 15.9 Å². The van der Waals surface area contributed by atoms with E-state index in [4.69, 9.17) is 5.73 Å². The lowest BCUT2D eigenvalue weighted by molar-refractivity contribution is 0.625. The van der Waals surface area contributed by atoms with E-state index in [0.717, 1.165) is 16.6 Å². The molecule has 102 valence electrons. The van der Waals surface area contributed by atoms with Gasteiger partial charge in [0.25, 0.3) is 0 Å². The van der Waals surface area contributed by atoms with Crippen LogP contribution in [0.5, 0.6) is 0 Å². The van der Waals surface area contributed by atoms with E-state index in [1.54, 1.807) is 0 Å². The lowest BCUT2D eigenvalue weighted by atomic mass is 9.91. The quantitative estimate of drug-likeness (QED) is 0.940. The van der Waals surface area contributed by atoms with Gasteiger partial charge in [-0.05, 0) is 53.9 Å². The molecule has 0 spiro atoms. The molecular formula is C15H20BrN3. The molecular weight excluding hydrogens is 302 g/mol. The summed E-state index contributed by atoms with van der Waals surface area (Å²) in [6, 6.07) is 8.45. The Labute approximate surface area is 122 Å². The first-order valence-electron chi connectivity index (χ1n) is 6.48. The van der Waals surface area contributed by atoms with Crippen molar-refractivity contribution < 1.29 is 0 Å². The second kappa shape index (κ2) is 5.88. The van der Waals surface area contributed by atoms with Crippen molar-refractivity contribution in [1.82, 2.24) is 9.78 Å². The van der Waals surface area contributed by atoms with E-state index in [0.29, 0.717) is 12.5 Å². The van der Waals surface area contributed by atoms with Crippen molar-refractivity contribution in [3.05, 3.63) is 51.3 Å². The Hall–Kier alpha value is -1.13. The molecule has 19 heavy (non-hydrogen) atoms. The van der Waals surface area contributed by atoms with Crippen LogP contribution in [-0.4, -0.2) is 16.3 Å². The van der Waals surface area contributed by atoms with E-state index in [2.05, 4.69) is 52.2 Å². The van der Waals surface area contributed by atoms with E-state index >= 15 is 0 Å².